The van der Waals surface area contributed by atoms with E-state index in [0.29, 0.717) is 4.90 Å². The Hall–Kier alpha value is -1.29. The number of halogens is 1. The Morgan fingerprint density at radius 2 is 2.14 bits per heavy atom. The summed E-state index contributed by atoms with van der Waals surface area (Å²) < 4.78 is 15.1. The molecule has 1 aromatic heterocycles. The Kier molecular flexibility index (Phi) is 2.54. The van der Waals surface area contributed by atoms with Crippen molar-refractivity contribution in [1.82, 2.24) is 9.55 Å². The molecule has 1 aromatic carbocycles. The summed E-state index contributed by atoms with van der Waals surface area (Å²) in [5.41, 5.74) is 0. The largest absolute Gasteiger partial charge is 0.329 e. The zero-order valence-electron chi connectivity index (χ0n) is 7.64. The van der Waals surface area contributed by atoms with E-state index in [1.165, 1.54) is 17.8 Å². The van der Waals surface area contributed by atoms with Crippen LogP contribution >= 0.6 is 11.8 Å². The lowest BCUT2D eigenvalue weighted by molar-refractivity contribution is 0.601. The van der Waals surface area contributed by atoms with Crippen molar-refractivity contribution in [3.8, 4) is 0 Å². The van der Waals surface area contributed by atoms with Crippen molar-refractivity contribution < 1.29 is 4.39 Å². The van der Waals surface area contributed by atoms with Gasteiger partial charge in [-0.25, -0.2) is 9.37 Å². The molecular weight excluding hydrogens is 199 g/mol. The Balaban J connectivity index is 2.28. The number of hydrogen-bond donors (Lipinski definition) is 0. The maximum absolute atomic E-state index is 13.3. The summed E-state index contributed by atoms with van der Waals surface area (Å²) in [5, 5.41) is 0.787. The van der Waals surface area contributed by atoms with E-state index in [2.05, 4.69) is 4.98 Å². The fourth-order valence-electron chi connectivity index (χ4n) is 1.08. The van der Waals surface area contributed by atoms with Crippen molar-refractivity contribution in [2.75, 3.05) is 0 Å². The smallest absolute Gasteiger partial charge is 0.172 e. The van der Waals surface area contributed by atoms with Gasteiger partial charge in [-0.05, 0) is 23.9 Å². The fourth-order valence-corrected chi connectivity index (χ4v) is 1.90. The van der Waals surface area contributed by atoms with Gasteiger partial charge in [0, 0.05) is 19.4 Å². The van der Waals surface area contributed by atoms with Gasteiger partial charge >= 0.3 is 0 Å². The van der Waals surface area contributed by atoms with Crippen LogP contribution in [0.2, 0.25) is 0 Å². The van der Waals surface area contributed by atoms with E-state index in [9.17, 15) is 4.39 Å². The predicted molar refractivity (Wildman–Crippen MR) is 53.7 cm³/mol. The lowest BCUT2D eigenvalue weighted by Gasteiger charge is -2.01. The van der Waals surface area contributed by atoms with E-state index >= 15 is 0 Å². The molecule has 0 saturated heterocycles. The van der Waals surface area contributed by atoms with Crippen LogP contribution in [-0.2, 0) is 7.05 Å². The standard InChI is InChI=1S/C10H9FN2S/c1-13-7-6-12-10(13)14-9-5-3-2-4-8(9)11/h2-7H,1H3. The first-order valence-electron chi connectivity index (χ1n) is 4.17. The molecule has 1 heterocycles. The zero-order chi connectivity index (χ0) is 9.97. The molecule has 0 unspecified atom stereocenters. The second kappa shape index (κ2) is 3.84. The normalized spacial score (nSPS) is 10.4. The highest BCUT2D eigenvalue weighted by molar-refractivity contribution is 7.99. The van der Waals surface area contributed by atoms with Crippen LogP contribution in [0, 0.1) is 5.82 Å². The molecule has 4 heteroatoms. The van der Waals surface area contributed by atoms with Crippen LogP contribution in [0.1, 0.15) is 0 Å². The summed E-state index contributed by atoms with van der Waals surface area (Å²) in [6.07, 6.45) is 3.53. The highest BCUT2D eigenvalue weighted by atomic mass is 32.2. The molecule has 0 atom stereocenters. The van der Waals surface area contributed by atoms with E-state index < -0.39 is 0 Å². The zero-order valence-corrected chi connectivity index (χ0v) is 8.46. The second-order valence-electron chi connectivity index (χ2n) is 2.85. The maximum Gasteiger partial charge on any atom is 0.172 e. The van der Waals surface area contributed by atoms with Crippen molar-refractivity contribution >= 4 is 11.8 Å². The Morgan fingerprint density at radius 3 is 2.79 bits per heavy atom. The van der Waals surface area contributed by atoms with Crippen LogP contribution in [0.25, 0.3) is 0 Å². The Labute approximate surface area is 85.8 Å². The van der Waals surface area contributed by atoms with Crippen LogP contribution in [-0.4, -0.2) is 9.55 Å². The van der Waals surface area contributed by atoms with Crippen molar-refractivity contribution in [2.45, 2.75) is 10.1 Å². The molecular formula is C10H9FN2S. The summed E-state index contributed by atoms with van der Waals surface area (Å²) in [7, 11) is 1.89. The van der Waals surface area contributed by atoms with Gasteiger partial charge in [-0.3, -0.25) is 0 Å². The third kappa shape index (κ3) is 1.80. The van der Waals surface area contributed by atoms with Crippen molar-refractivity contribution in [2.24, 2.45) is 7.05 Å². The molecule has 0 fully saturated rings. The van der Waals surface area contributed by atoms with Crippen LogP contribution < -0.4 is 0 Å². The van der Waals surface area contributed by atoms with Gasteiger partial charge in [0.15, 0.2) is 5.16 Å². The number of benzene rings is 1. The number of imidazole rings is 1. The van der Waals surface area contributed by atoms with Crippen molar-refractivity contribution in [3.05, 3.63) is 42.5 Å². The molecule has 0 saturated carbocycles. The molecule has 0 amide bonds. The van der Waals surface area contributed by atoms with Crippen LogP contribution in [0.5, 0.6) is 0 Å². The highest BCUT2D eigenvalue weighted by Gasteiger charge is 2.05. The van der Waals surface area contributed by atoms with Gasteiger partial charge in [0.2, 0.25) is 0 Å². The minimum Gasteiger partial charge on any atom is -0.329 e. The molecule has 0 aliphatic carbocycles. The van der Waals surface area contributed by atoms with Gasteiger partial charge in [0.25, 0.3) is 0 Å². The minimum absolute atomic E-state index is 0.208. The molecule has 0 radical (unpaired) electrons. The molecule has 0 bridgehead atoms. The number of nitrogens with zero attached hydrogens (tertiary/aromatic N) is 2. The topological polar surface area (TPSA) is 17.8 Å². The van der Waals surface area contributed by atoms with E-state index in [0.717, 1.165) is 5.16 Å². The van der Waals surface area contributed by atoms with E-state index in [4.69, 9.17) is 0 Å². The Morgan fingerprint density at radius 1 is 1.36 bits per heavy atom. The summed E-state index contributed by atoms with van der Waals surface area (Å²) in [4.78, 5) is 4.71. The highest BCUT2D eigenvalue weighted by Crippen LogP contribution is 2.27. The summed E-state index contributed by atoms with van der Waals surface area (Å²) >= 11 is 1.32. The average molecular weight is 208 g/mol. The molecule has 2 nitrogen and oxygen atoms in total. The van der Waals surface area contributed by atoms with Gasteiger partial charge in [-0.2, -0.15) is 0 Å². The van der Waals surface area contributed by atoms with E-state index in [1.54, 1.807) is 18.3 Å². The quantitative estimate of drug-likeness (QED) is 0.755. The minimum atomic E-state index is -0.208. The maximum atomic E-state index is 13.3. The molecule has 0 spiro atoms. The molecule has 0 aliphatic rings. The van der Waals surface area contributed by atoms with Gasteiger partial charge in [-0.1, -0.05) is 12.1 Å². The third-order valence-corrected chi connectivity index (χ3v) is 2.94. The fraction of sp³-hybridized carbons (Fsp3) is 0.100. The number of rotatable bonds is 2. The number of aromatic nitrogens is 2. The summed E-state index contributed by atoms with van der Waals surface area (Å²) in [6.45, 7) is 0. The average Bonchev–Trinajstić information content (AvgIpc) is 2.56. The third-order valence-electron chi connectivity index (χ3n) is 1.81. The lowest BCUT2D eigenvalue weighted by atomic mass is 10.4. The van der Waals surface area contributed by atoms with E-state index in [1.807, 2.05) is 23.9 Å². The number of aryl methyl sites for hydroxylation is 1. The first kappa shape index (κ1) is 9.27. The summed E-state index contributed by atoms with van der Waals surface area (Å²) in [6, 6.07) is 6.69. The van der Waals surface area contributed by atoms with Gasteiger partial charge in [0.05, 0.1) is 4.90 Å². The first-order valence-corrected chi connectivity index (χ1v) is 4.99. The van der Waals surface area contributed by atoms with Crippen LogP contribution in [0.15, 0.2) is 46.7 Å². The number of hydrogen-bond acceptors (Lipinski definition) is 2. The molecule has 72 valence electrons. The summed E-state index contributed by atoms with van der Waals surface area (Å²) in [5.74, 6) is -0.208. The lowest BCUT2D eigenvalue weighted by Crippen LogP contribution is -1.89. The van der Waals surface area contributed by atoms with Gasteiger partial charge < -0.3 is 4.57 Å². The SMILES string of the molecule is Cn1ccnc1Sc1ccccc1F. The molecule has 2 rings (SSSR count). The molecule has 2 aromatic rings. The molecule has 0 aliphatic heterocycles. The first-order chi connectivity index (χ1) is 6.77. The van der Waals surface area contributed by atoms with Gasteiger partial charge in [-0.15, -0.1) is 0 Å². The predicted octanol–water partition coefficient (Wildman–Crippen LogP) is 2.71. The van der Waals surface area contributed by atoms with Crippen LogP contribution in [0.3, 0.4) is 0 Å². The second-order valence-corrected chi connectivity index (χ2v) is 3.86. The van der Waals surface area contributed by atoms with Gasteiger partial charge in [0.1, 0.15) is 5.82 Å². The molecule has 0 N–H and O–H groups in total. The van der Waals surface area contributed by atoms with Crippen molar-refractivity contribution in [3.63, 3.8) is 0 Å². The van der Waals surface area contributed by atoms with E-state index in [-0.39, 0.29) is 5.82 Å². The van der Waals surface area contributed by atoms with Crippen LogP contribution in [0.4, 0.5) is 4.39 Å². The Bertz CT molecular complexity index is 439. The van der Waals surface area contributed by atoms with Crippen molar-refractivity contribution in [1.29, 1.82) is 0 Å². The monoisotopic (exact) mass is 208 g/mol. The molecule has 14 heavy (non-hydrogen) atoms.